The van der Waals surface area contributed by atoms with Gasteiger partial charge in [-0.2, -0.15) is 5.26 Å². The number of primary amides is 1. The Kier molecular flexibility index (Phi) is 3.09. The molecule has 0 bridgehead atoms. The summed E-state index contributed by atoms with van der Waals surface area (Å²) < 4.78 is 10.3. The highest BCUT2D eigenvalue weighted by Crippen LogP contribution is 1.96. The maximum absolute atomic E-state index is 10.0. The molecule has 0 rings (SSSR count). The molecule has 48 valence electrons. The lowest BCUT2D eigenvalue weighted by molar-refractivity contribution is 0.227. The van der Waals surface area contributed by atoms with Crippen LogP contribution < -0.4 is 11.2 Å². The molecule has 0 saturated carbocycles. The highest BCUT2D eigenvalue weighted by atomic mass is 31.1. The summed E-state index contributed by atoms with van der Waals surface area (Å²) in [5, 5.41) is 7.86. The first-order valence-electron chi connectivity index (χ1n) is 1.80. The average Bonchev–Trinajstić information content (AvgIpc) is 1.82. The van der Waals surface area contributed by atoms with E-state index in [0.29, 0.717) is 4.78 Å². The summed E-state index contributed by atoms with van der Waals surface area (Å²) >= 11 is 0. The van der Waals surface area contributed by atoms with Crippen molar-refractivity contribution in [2.75, 3.05) is 0 Å². The molecule has 0 radical (unpaired) electrons. The molecule has 6 nitrogen and oxygen atoms in total. The van der Waals surface area contributed by atoms with Crippen LogP contribution in [0.4, 0.5) is 4.79 Å². The molecule has 0 aliphatic carbocycles. The molecule has 7 heteroatoms. The molecule has 0 atom stereocenters. The Morgan fingerprint density at radius 1 is 1.89 bits per heavy atom. The Balaban J connectivity index is 3.86. The van der Waals surface area contributed by atoms with Crippen LogP contribution in [0.15, 0.2) is 0 Å². The number of urea groups is 1. The van der Waals surface area contributed by atoms with Gasteiger partial charge in [0.1, 0.15) is 0 Å². The van der Waals surface area contributed by atoms with Crippen molar-refractivity contribution < 1.29 is 9.36 Å². The number of carbonyl (C=O) groups is 1. The largest absolute Gasteiger partial charge is 0.349 e. The van der Waals surface area contributed by atoms with Crippen molar-refractivity contribution in [3.8, 4) is 6.19 Å². The maximum atomic E-state index is 10.0. The van der Waals surface area contributed by atoms with Crippen LogP contribution >= 0.6 is 8.61 Å². The molecule has 0 aliphatic rings. The summed E-state index contributed by atoms with van der Waals surface area (Å²) in [4.78, 5) is 10.0. The van der Waals surface area contributed by atoms with E-state index in [4.69, 9.17) is 5.26 Å². The number of nitrogens with one attached hydrogen (secondary N) is 1. The van der Waals surface area contributed by atoms with Gasteiger partial charge in [0.15, 0.2) is 6.19 Å². The first-order chi connectivity index (χ1) is 4.22. The number of hydrazine groups is 1. The average molecular weight is 146 g/mol. The number of nitriles is 1. The monoisotopic (exact) mass is 146 g/mol. The van der Waals surface area contributed by atoms with Crippen molar-refractivity contribution in [2.45, 2.75) is 0 Å². The smallest absolute Gasteiger partial charge is 0.344 e. The molecule has 0 unspecified atom stereocenters. The Labute approximate surface area is 52.5 Å². The van der Waals surface area contributed by atoms with Crippen molar-refractivity contribution in [1.29, 1.82) is 5.26 Å². The highest BCUT2D eigenvalue weighted by Gasteiger charge is 2.05. The number of hydrogen-bond acceptors (Lipinski definition) is 4. The van der Waals surface area contributed by atoms with E-state index in [0.717, 1.165) is 0 Å². The topological polar surface area (TPSA) is 99.2 Å². The summed E-state index contributed by atoms with van der Waals surface area (Å²) in [6.07, 6.45) is 1.37. The minimum Gasteiger partial charge on any atom is -0.349 e. The molecule has 3 N–H and O–H groups in total. The normalized spacial score (nSPS) is 7.89. The standard InChI is InChI=1S/C2H3N4O2P/c3-1-5-6(9-8)2(4)7/h5H,(H2,4,7). The van der Waals surface area contributed by atoms with E-state index in [1.54, 1.807) is 5.43 Å². The summed E-state index contributed by atoms with van der Waals surface area (Å²) in [5.41, 5.74) is 6.37. The predicted octanol–water partition coefficient (Wildman–Crippen LogP) is -0.441. The number of hydrogen-bond donors (Lipinski definition) is 2. The summed E-state index contributed by atoms with van der Waals surface area (Å²) in [7, 11) is -0.655. The number of amides is 2. The molecule has 0 spiro atoms. The van der Waals surface area contributed by atoms with Crippen LogP contribution in [0.25, 0.3) is 0 Å². The second-order valence-corrected chi connectivity index (χ2v) is 1.52. The predicted molar refractivity (Wildman–Crippen MR) is 27.8 cm³/mol. The molecule has 0 saturated heterocycles. The van der Waals surface area contributed by atoms with Gasteiger partial charge in [-0.1, -0.05) is 0 Å². The summed E-state index contributed by atoms with van der Waals surface area (Å²) in [6, 6.07) is -0.979. The van der Waals surface area contributed by atoms with E-state index in [-0.39, 0.29) is 0 Å². The van der Waals surface area contributed by atoms with Crippen molar-refractivity contribution >= 4 is 14.6 Å². The minimum absolute atomic E-state index is 0.417. The zero-order valence-corrected chi connectivity index (χ0v) is 5.13. The van der Waals surface area contributed by atoms with Crippen LogP contribution in [-0.4, -0.2) is 10.8 Å². The van der Waals surface area contributed by atoms with Gasteiger partial charge in [-0.15, -0.1) is 4.78 Å². The van der Waals surface area contributed by atoms with Gasteiger partial charge in [-0.25, -0.2) is 14.8 Å². The fraction of sp³-hybridized carbons (Fsp3) is 0. The second-order valence-electron chi connectivity index (χ2n) is 0.955. The van der Waals surface area contributed by atoms with Crippen molar-refractivity contribution in [3.63, 3.8) is 0 Å². The molecule has 0 aromatic rings. The van der Waals surface area contributed by atoms with E-state index in [1.165, 1.54) is 6.19 Å². The Morgan fingerprint density at radius 3 is 2.56 bits per heavy atom. The quantitative estimate of drug-likeness (QED) is 0.238. The Morgan fingerprint density at radius 2 is 2.44 bits per heavy atom. The zero-order chi connectivity index (χ0) is 7.28. The maximum Gasteiger partial charge on any atom is 0.344 e. The van der Waals surface area contributed by atoms with Crippen LogP contribution in [-0.2, 0) is 4.57 Å². The fourth-order valence-electron chi connectivity index (χ4n) is 0.163. The van der Waals surface area contributed by atoms with Gasteiger partial charge in [-0.05, 0) is 0 Å². The van der Waals surface area contributed by atoms with Gasteiger partial charge in [0.05, 0.1) is 0 Å². The zero-order valence-electron chi connectivity index (χ0n) is 4.24. The molecule has 0 aliphatic heterocycles. The number of carbonyl (C=O) groups excluding carboxylic acids is 1. The fourth-order valence-corrected chi connectivity index (χ4v) is 0.329. The van der Waals surface area contributed by atoms with Crippen LogP contribution in [0.1, 0.15) is 0 Å². The van der Waals surface area contributed by atoms with Gasteiger partial charge in [0.25, 0.3) is 0 Å². The summed E-state index contributed by atoms with van der Waals surface area (Å²) in [5.74, 6) is 0. The Hall–Kier alpha value is -1.34. The van der Waals surface area contributed by atoms with Gasteiger partial charge in [0, 0.05) is 0 Å². The number of rotatable bonds is 2. The first kappa shape index (κ1) is 7.66. The van der Waals surface area contributed by atoms with E-state index >= 15 is 0 Å². The second kappa shape index (κ2) is 3.64. The lowest BCUT2D eigenvalue weighted by atomic mass is 11.1. The van der Waals surface area contributed by atoms with Crippen LogP contribution in [0.5, 0.6) is 0 Å². The van der Waals surface area contributed by atoms with Crippen LogP contribution in [0.2, 0.25) is 0 Å². The third kappa shape index (κ3) is 2.46. The number of nitrogens with two attached hydrogens (primary N) is 1. The third-order valence-corrected chi connectivity index (χ3v) is 0.907. The molecular formula is C2H3N4O2P. The van der Waals surface area contributed by atoms with Gasteiger partial charge >= 0.3 is 14.6 Å². The van der Waals surface area contributed by atoms with E-state index < -0.39 is 14.6 Å². The van der Waals surface area contributed by atoms with Gasteiger partial charge in [-0.3, -0.25) is 0 Å². The minimum atomic E-state index is -0.979. The molecule has 0 heterocycles. The molecule has 2 amide bonds. The lowest BCUT2D eigenvalue weighted by Crippen LogP contribution is -2.36. The molecule has 0 aromatic heterocycles. The van der Waals surface area contributed by atoms with Crippen LogP contribution in [0, 0.1) is 11.5 Å². The van der Waals surface area contributed by atoms with E-state index in [2.05, 4.69) is 5.73 Å². The highest BCUT2D eigenvalue weighted by molar-refractivity contribution is 7.21. The molecular weight excluding hydrogens is 143 g/mol. The molecule has 0 fully saturated rings. The van der Waals surface area contributed by atoms with E-state index in [1.807, 2.05) is 0 Å². The van der Waals surface area contributed by atoms with Crippen molar-refractivity contribution in [1.82, 2.24) is 10.2 Å². The Bertz CT molecular complexity index is 162. The molecule has 0 aromatic carbocycles. The van der Waals surface area contributed by atoms with Crippen molar-refractivity contribution in [2.24, 2.45) is 5.73 Å². The van der Waals surface area contributed by atoms with Crippen molar-refractivity contribution in [3.05, 3.63) is 0 Å². The van der Waals surface area contributed by atoms with Gasteiger partial charge < -0.3 is 5.73 Å². The van der Waals surface area contributed by atoms with Gasteiger partial charge in [0.2, 0.25) is 0 Å². The third-order valence-electron chi connectivity index (χ3n) is 0.446. The first-order valence-corrected chi connectivity index (χ1v) is 2.56. The number of nitrogens with zero attached hydrogens (tertiary/aromatic N) is 2. The molecule has 9 heavy (non-hydrogen) atoms. The lowest BCUT2D eigenvalue weighted by Gasteiger charge is -2.04. The van der Waals surface area contributed by atoms with E-state index in [9.17, 15) is 9.36 Å². The summed E-state index contributed by atoms with van der Waals surface area (Å²) in [6.45, 7) is 0. The van der Waals surface area contributed by atoms with Crippen LogP contribution in [0.3, 0.4) is 0 Å². The SMILES string of the molecule is N#CNN(P=O)C(N)=O.